The fraction of sp³-hybridized carbons (Fsp3) is 0.0400. The zero-order valence-electron chi connectivity index (χ0n) is 18.6. The summed E-state index contributed by atoms with van der Waals surface area (Å²) in [6.07, 6.45) is 1.34. The van der Waals surface area contributed by atoms with Gasteiger partial charge < -0.3 is 10.1 Å². The van der Waals surface area contributed by atoms with Crippen LogP contribution < -0.4 is 20.3 Å². The molecule has 1 aliphatic heterocycles. The van der Waals surface area contributed by atoms with Crippen LogP contribution in [0.4, 0.5) is 16.2 Å². The van der Waals surface area contributed by atoms with Gasteiger partial charge in [0.05, 0.1) is 25.3 Å². The molecule has 3 aromatic rings. The number of hydrogen-bond acceptors (Lipinski definition) is 5. The van der Waals surface area contributed by atoms with Crippen LogP contribution >= 0.6 is 55.1 Å². The number of para-hydroxylation sites is 1. The number of nitrogens with zero attached hydrogens (tertiary/aromatic N) is 1. The summed E-state index contributed by atoms with van der Waals surface area (Å²) in [5, 5.41) is 5.65. The highest BCUT2D eigenvalue weighted by Crippen LogP contribution is 2.36. The second kappa shape index (κ2) is 11.5. The molecule has 12 heteroatoms. The lowest BCUT2D eigenvalue weighted by atomic mass is 10.1. The molecule has 0 spiro atoms. The fourth-order valence-corrected chi connectivity index (χ4v) is 5.10. The van der Waals surface area contributed by atoms with Crippen LogP contribution in [-0.4, -0.2) is 30.4 Å². The van der Waals surface area contributed by atoms with Gasteiger partial charge in [-0.3, -0.25) is 19.7 Å². The summed E-state index contributed by atoms with van der Waals surface area (Å²) in [6.45, 7) is -0.304. The van der Waals surface area contributed by atoms with E-state index >= 15 is 0 Å². The van der Waals surface area contributed by atoms with E-state index in [2.05, 4.69) is 42.5 Å². The van der Waals surface area contributed by atoms with Gasteiger partial charge in [0.15, 0.2) is 6.61 Å². The Kier molecular flexibility index (Phi) is 8.33. The summed E-state index contributed by atoms with van der Waals surface area (Å²) in [6, 6.07) is 15.2. The topological polar surface area (TPSA) is 105 Å². The molecule has 5 amide bonds. The highest BCUT2D eigenvalue weighted by Gasteiger charge is 2.36. The number of halogens is 4. The van der Waals surface area contributed by atoms with Crippen LogP contribution in [0.3, 0.4) is 0 Å². The summed E-state index contributed by atoms with van der Waals surface area (Å²) in [5.74, 6) is -1.72. The van der Waals surface area contributed by atoms with E-state index in [1.807, 2.05) is 0 Å². The monoisotopic (exact) mass is 665 g/mol. The molecule has 0 bridgehead atoms. The Bertz CT molecular complexity index is 1440. The van der Waals surface area contributed by atoms with Crippen LogP contribution in [0, 0.1) is 0 Å². The fourth-order valence-electron chi connectivity index (χ4n) is 3.34. The maximum Gasteiger partial charge on any atom is 0.335 e. The predicted octanol–water partition coefficient (Wildman–Crippen LogP) is 6.20. The van der Waals surface area contributed by atoms with Crippen LogP contribution in [0.2, 0.25) is 10.0 Å². The molecule has 188 valence electrons. The van der Waals surface area contributed by atoms with Crippen molar-refractivity contribution in [1.29, 1.82) is 0 Å². The molecule has 0 unspecified atom stereocenters. The maximum absolute atomic E-state index is 13.1. The molecule has 2 N–H and O–H groups in total. The Labute approximate surface area is 237 Å². The number of carbonyl (C=O) groups is 4. The van der Waals surface area contributed by atoms with Gasteiger partial charge in [-0.25, -0.2) is 9.69 Å². The Hall–Kier alpha value is -3.18. The first-order chi connectivity index (χ1) is 17.6. The molecule has 0 radical (unpaired) electrons. The highest BCUT2D eigenvalue weighted by atomic mass is 79.9. The first-order valence-corrected chi connectivity index (χ1v) is 12.8. The van der Waals surface area contributed by atoms with E-state index in [1.54, 1.807) is 36.4 Å². The number of anilines is 2. The third kappa shape index (κ3) is 6.22. The molecule has 1 heterocycles. The van der Waals surface area contributed by atoms with Gasteiger partial charge in [-0.05, 0) is 92.0 Å². The molecule has 0 atom stereocenters. The quantitative estimate of drug-likeness (QED) is 0.241. The molecule has 1 aliphatic rings. The number of urea groups is 1. The third-order valence-corrected chi connectivity index (χ3v) is 6.77. The largest absolute Gasteiger partial charge is 0.481 e. The highest BCUT2D eigenvalue weighted by molar-refractivity contribution is 9.11. The number of ether oxygens (including phenoxy) is 1. The molecule has 37 heavy (non-hydrogen) atoms. The van der Waals surface area contributed by atoms with Gasteiger partial charge in [0.2, 0.25) is 0 Å². The number of rotatable bonds is 6. The molecule has 1 saturated heterocycles. The summed E-state index contributed by atoms with van der Waals surface area (Å²) in [7, 11) is 0. The Morgan fingerprint density at radius 2 is 1.65 bits per heavy atom. The van der Waals surface area contributed by atoms with Gasteiger partial charge in [0, 0.05) is 5.02 Å². The van der Waals surface area contributed by atoms with Crippen molar-refractivity contribution in [2.45, 2.75) is 0 Å². The number of carbonyl (C=O) groups excluding carboxylic acids is 4. The Balaban J connectivity index is 1.53. The average Bonchev–Trinajstić information content (AvgIpc) is 2.84. The van der Waals surface area contributed by atoms with E-state index in [1.165, 1.54) is 30.3 Å². The van der Waals surface area contributed by atoms with Crippen molar-refractivity contribution in [2.24, 2.45) is 0 Å². The number of imide groups is 2. The maximum atomic E-state index is 13.1. The van der Waals surface area contributed by atoms with E-state index in [0.717, 1.165) is 4.90 Å². The smallest absolute Gasteiger partial charge is 0.335 e. The second-order valence-electron chi connectivity index (χ2n) is 7.56. The lowest BCUT2D eigenvalue weighted by Crippen LogP contribution is -2.54. The average molecular weight is 668 g/mol. The minimum absolute atomic E-state index is 0.249. The Morgan fingerprint density at radius 1 is 1.00 bits per heavy atom. The van der Waals surface area contributed by atoms with E-state index < -0.39 is 23.8 Å². The van der Waals surface area contributed by atoms with Gasteiger partial charge in [0.1, 0.15) is 11.3 Å². The summed E-state index contributed by atoms with van der Waals surface area (Å²) >= 11 is 18.7. The summed E-state index contributed by atoms with van der Waals surface area (Å²) in [4.78, 5) is 51.0. The standard InChI is InChI=1S/C25H15Br2Cl2N3O5/c26-17-10-13(11-18(27)22(17)37-12-21(33)30-20-4-2-1-3-19(20)29)9-16-23(34)31-25(36)32(24(16)35)15-7-5-14(28)6-8-15/h1-11H,12H2,(H,30,33)(H,31,34,36)/b16-9-. The zero-order chi connectivity index (χ0) is 26.7. The third-order valence-electron chi connectivity index (χ3n) is 5.01. The molecule has 8 nitrogen and oxygen atoms in total. The molecule has 4 rings (SSSR count). The Morgan fingerprint density at radius 3 is 2.30 bits per heavy atom. The second-order valence-corrected chi connectivity index (χ2v) is 10.1. The predicted molar refractivity (Wildman–Crippen MR) is 148 cm³/mol. The minimum Gasteiger partial charge on any atom is -0.481 e. The number of nitrogens with one attached hydrogen (secondary N) is 2. The van der Waals surface area contributed by atoms with Crippen molar-refractivity contribution >= 4 is 96.3 Å². The lowest BCUT2D eigenvalue weighted by molar-refractivity contribution is -0.122. The van der Waals surface area contributed by atoms with Crippen molar-refractivity contribution in [3.8, 4) is 5.75 Å². The minimum atomic E-state index is -0.865. The SMILES string of the molecule is O=C(COc1c(Br)cc(/C=C2/C(=O)NC(=O)N(c3ccc(Cl)cc3)C2=O)cc1Br)Nc1ccccc1Cl. The van der Waals surface area contributed by atoms with Crippen molar-refractivity contribution < 1.29 is 23.9 Å². The van der Waals surface area contributed by atoms with Crippen LogP contribution in [0.15, 0.2) is 75.2 Å². The van der Waals surface area contributed by atoms with Gasteiger partial charge in [0.25, 0.3) is 17.7 Å². The molecule has 3 aromatic carbocycles. The van der Waals surface area contributed by atoms with E-state index in [-0.39, 0.29) is 17.9 Å². The van der Waals surface area contributed by atoms with Gasteiger partial charge in [-0.15, -0.1) is 0 Å². The van der Waals surface area contributed by atoms with Crippen molar-refractivity contribution in [1.82, 2.24) is 5.32 Å². The first kappa shape index (κ1) is 26.9. The van der Waals surface area contributed by atoms with E-state index in [9.17, 15) is 19.2 Å². The van der Waals surface area contributed by atoms with Crippen LogP contribution in [-0.2, 0) is 14.4 Å². The van der Waals surface area contributed by atoms with Crippen LogP contribution in [0.5, 0.6) is 5.75 Å². The van der Waals surface area contributed by atoms with Crippen molar-refractivity contribution in [3.05, 3.63) is 90.8 Å². The van der Waals surface area contributed by atoms with Crippen molar-refractivity contribution in [2.75, 3.05) is 16.8 Å². The first-order valence-electron chi connectivity index (χ1n) is 10.5. The normalized spacial score (nSPS) is 14.5. The summed E-state index contributed by atoms with van der Waals surface area (Å²) < 4.78 is 6.55. The molecule has 0 aliphatic carbocycles. The molecular formula is C25H15Br2Cl2N3O5. The number of hydrogen-bond donors (Lipinski definition) is 2. The number of benzene rings is 3. The van der Waals surface area contributed by atoms with E-state index in [0.29, 0.717) is 36.0 Å². The van der Waals surface area contributed by atoms with Gasteiger partial charge >= 0.3 is 6.03 Å². The van der Waals surface area contributed by atoms with Crippen molar-refractivity contribution in [3.63, 3.8) is 0 Å². The number of barbiturate groups is 1. The molecule has 0 aromatic heterocycles. The van der Waals surface area contributed by atoms with Gasteiger partial charge in [-0.1, -0.05) is 35.3 Å². The lowest BCUT2D eigenvalue weighted by Gasteiger charge is -2.26. The molecule has 0 saturated carbocycles. The van der Waals surface area contributed by atoms with E-state index in [4.69, 9.17) is 27.9 Å². The number of amides is 5. The van der Waals surface area contributed by atoms with Gasteiger partial charge in [-0.2, -0.15) is 0 Å². The van der Waals surface area contributed by atoms with Crippen LogP contribution in [0.25, 0.3) is 6.08 Å². The van der Waals surface area contributed by atoms with Crippen LogP contribution in [0.1, 0.15) is 5.56 Å². The summed E-state index contributed by atoms with van der Waals surface area (Å²) in [5.41, 5.74) is 0.919. The molecule has 1 fully saturated rings. The molecular weight excluding hydrogens is 653 g/mol. The zero-order valence-corrected chi connectivity index (χ0v) is 23.2.